The number of guanidine groups is 1. The largest absolute Gasteiger partial charge is 0.497 e. The Morgan fingerprint density at radius 2 is 1.88 bits per heavy atom. The molecule has 1 unspecified atom stereocenters. The second-order valence-electron chi connectivity index (χ2n) is 9.03. The van der Waals surface area contributed by atoms with Crippen molar-refractivity contribution in [3.8, 4) is 5.75 Å². The van der Waals surface area contributed by atoms with E-state index in [9.17, 15) is 4.79 Å². The van der Waals surface area contributed by atoms with Crippen LogP contribution in [-0.2, 0) is 4.79 Å². The van der Waals surface area contributed by atoms with Gasteiger partial charge in [-0.15, -0.1) is 24.0 Å². The van der Waals surface area contributed by atoms with E-state index in [2.05, 4.69) is 38.7 Å². The van der Waals surface area contributed by atoms with Gasteiger partial charge in [-0.2, -0.15) is 0 Å². The number of ether oxygens (including phenoxy) is 1. The summed E-state index contributed by atoms with van der Waals surface area (Å²) in [6.45, 7) is 3.59. The van der Waals surface area contributed by atoms with Crippen molar-refractivity contribution in [2.45, 2.75) is 44.6 Å². The molecule has 7 nitrogen and oxygen atoms in total. The van der Waals surface area contributed by atoms with Crippen molar-refractivity contribution in [3.63, 3.8) is 0 Å². The van der Waals surface area contributed by atoms with Crippen molar-refractivity contribution < 1.29 is 9.53 Å². The fourth-order valence-corrected chi connectivity index (χ4v) is 5.02. The van der Waals surface area contributed by atoms with Crippen LogP contribution in [0.15, 0.2) is 29.3 Å². The predicted molar refractivity (Wildman–Crippen MR) is 141 cm³/mol. The van der Waals surface area contributed by atoms with Gasteiger partial charge >= 0.3 is 0 Å². The molecule has 0 aromatic heterocycles. The van der Waals surface area contributed by atoms with Gasteiger partial charge in [0.05, 0.1) is 18.6 Å². The standard InChI is InChI=1S/C24H39N5O2.HI/c1-25-23(27-18-24(12-5-6-13-24)22(30)28(2)3)26-17-21(29-14-7-8-15-29)19-10-9-11-20(16-19)31-4;/h9-11,16,21H,5-8,12-15,17-18H2,1-4H3,(H2,25,26,27);1H. The molecule has 8 heteroatoms. The van der Waals surface area contributed by atoms with E-state index in [4.69, 9.17) is 4.74 Å². The Bertz CT molecular complexity index is 759. The SMILES string of the molecule is CN=C(NCC(c1cccc(OC)c1)N1CCCC1)NCC1(C(=O)N(C)C)CCCC1.I. The van der Waals surface area contributed by atoms with Gasteiger partial charge in [0, 0.05) is 34.2 Å². The molecule has 0 radical (unpaired) electrons. The number of amides is 1. The smallest absolute Gasteiger partial charge is 0.230 e. The van der Waals surface area contributed by atoms with Crippen molar-refractivity contribution in [1.82, 2.24) is 20.4 Å². The number of likely N-dealkylation sites (tertiary alicyclic amines) is 1. The number of hydrogen-bond acceptors (Lipinski definition) is 4. The average Bonchev–Trinajstić information content (AvgIpc) is 3.48. The van der Waals surface area contributed by atoms with E-state index in [0.29, 0.717) is 6.54 Å². The fraction of sp³-hybridized carbons (Fsp3) is 0.667. The molecule has 1 aliphatic heterocycles. The van der Waals surface area contributed by atoms with Crippen LogP contribution in [0.5, 0.6) is 5.75 Å². The van der Waals surface area contributed by atoms with Crippen LogP contribution in [0, 0.1) is 5.41 Å². The molecule has 1 aromatic carbocycles. The van der Waals surface area contributed by atoms with Gasteiger partial charge < -0.3 is 20.3 Å². The van der Waals surface area contributed by atoms with Crippen LogP contribution in [0.2, 0.25) is 0 Å². The molecule has 32 heavy (non-hydrogen) atoms. The molecule has 1 heterocycles. The van der Waals surface area contributed by atoms with Crippen LogP contribution in [0.4, 0.5) is 0 Å². The number of nitrogens with one attached hydrogen (secondary N) is 2. The van der Waals surface area contributed by atoms with Gasteiger partial charge in [0.15, 0.2) is 5.96 Å². The first-order chi connectivity index (χ1) is 15.0. The Balaban J connectivity index is 0.00000363. The Hall–Kier alpha value is -1.55. The lowest BCUT2D eigenvalue weighted by Crippen LogP contribution is -2.50. The summed E-state index contributed by atoms with van der Waals surface area (Å²) in [5, 5.41) is 6.98. The van der Waals surface area contributed by atoms with E-state index in [1.54, 1.807) is 19.1 Å². The highest BCUT2D eigenvalue weighted by atomic mass is 127. The summed E-state index contributed by atoms with van der Waals surface area (Å²) in [5.74, 6) is 1.86. The van der Waals surface area contributed by atoms with Gasteiger partial charge in [-0.1, -0.05) is 25.0 Å². The maximum Gasteiger partial charge on any atom is 0.230 e. The van der Waals surface area contributed by atoms with E-state index in [-0.39, 0.29) is 41.3 Å². The van der Waals surface area contributed by atoms with Crippen molar-refractivity contribution >= 4 is 35.8 Å². The molecule has 1 amide bonds. The number of rotatable bonds is 8. The highest BCUT2D eigenvalue weighted by Gasteiger charge is 2.42. The van der Waals surface area contributed by atoms with Crippen molar-refractivity contribution in [3.05, 3.63) is 29.8 Å². The summed E-state index contributed by atoms with van der Waals surface area (Å²) < 4.78 is 5.45. The number of benzene rings is 1. The van der Waals surface area contributed by atoms with Gasteiger partial charge in [0.1, 0.15) is 5.75 Å². The number of halogens is 1. The minimum atomic E-state index is -0.317. The molecule has 1 aromatic rings. The monoisotopic (exact) mass is 557 g/mol. The van der Waals surface area contributed by atoms with Crippen molar-refractivity contribution in [1.29, 1.82) is 0 Å². The number of methoxy groups -OCH3 is 1. The Morgan fingerprint density at radius 3 is 2.47 bits per heavy atom. The quantitative estimate of drug-likeness (QED) is 0.292. The minimum Gasteiger partial charge on any atom is -0.497 e. The molecule has 0 bridgehead atoms. The first-order valence-electron chi connectivity index (χ1n) is 11.5. The maximum absolute atomic E-state index is 12.9. The van der Waals surface area contributed by atoms with Gasteiger partial charge in [-0.05, 0) is 56.5 Å². The summed E-state index contributed by atoms with van der Waals surface area (Å²) >= 11 is 0. The molecular formula is C24H40IN5O2. The highest BCUT2D eigenvalue weighted by molar-refractivity contribution is 14.0. The molecule has 1 saturated heterocycles. The van der Waals surface area contributed by atoms with E-state index in [1.165, 1.54) is 18.4 Å². The zero-order valence-corrected chi connectivity index (χ0v) is 22.4. The fourth-order valence-electron chi connectivity index (χ4n) is 5.02. The number of hydrogen-bond donors (Lipinski definition) is 2. The molecule has 3 rings (SSSR count). The van der Waals surface area contributed by atoms with Gasteiger partial charge in [0.25, 0.3) is 0 Å². The predicted octanol–water partition coefficient (Wildman–Crippen LogP) is 3.26. The zero-order valence-electron chi connectivity index (χ0n) is 20.0. The minimum absolute atomic E-state index is 0. The summed E-state index contributed by atoms with van der Waals surface area (Å²) in [6, 6.07) is 8.60. The second kappa shape index (κ2) is 12.6. The second-order valence-corrected chi connectivity index (χ2v) is 9.03. The first-order valence-corrected chi connectivity index (χ1v) is 11.5. The molecule has 1 atom stereocenters. The average molecular weight is 558 g/mol. The molecule has 2 fully saturated rings. The van der Waals surface area contributed by atoms with Crippen LogP contribution < -0.4 is 15.4 Å². The normalized spacial score (nSPS) is 19.2. The van der Waals surface area contributed by atoms with Crippen LogP contribution in [0.3, 0.4) is 0 Å². The van der Waals surface area contributed by atoms with Crippen LogP contribution in [0.1, 0.15) is 50.1 Å². The lowest BCUT2D eigenvalue weighted by molar-refractivity contribution is -0.138. The summed E-state index contributed by atoms with van der Waals surface area (Å²) in [6.07, 6.45) is 6.58. The Labute approximate surface area is 210 Å². The first kappa shape index (κ1) is 26.7. The molecular weight excluding hydrogens is 517 g/mol. The van der Waals surface area contributed by atoms with Crippen LogP contribution >= 0.6 is 24.0 Å². The number of carbonyl (C=O) groups excluding carboxylic acids is 1. The van der Waals surface area contributed by atoms with Crippen LogP contribution in [0.25, 0.3) is 0 Å². The summed E-state index contributed by atoms with van der Waals surface area (Å²) in [4.78, 5) is 21.6. The Kier molecular flexibility index (Phi) is 10.5. The molecule has 2 N–H and O–H groups in total. The number of nitrogens with zero attached hydrogens (tertiary/aromatic N) is 3. The highest BCUT2D eigenvalue weighted by Crippen LogP contribution is 2.39. The van der Waals surface area contributed by atoms with Crippen molar-refractivity contribution in [2.24, 2.45) is 10.4 Å². The third-order valence-corrected chi connectivity index (χ3v) is 6.76. The lowest BCUT2D eigenvalue weighted by Gasteiger charge is -2.32. The molecule has 0 spiro atoms. The molecule has 1 saturated carbocycles. The summed E-state index contributed by atoms with van der Waals surface area (Å²) in [5.41, 5.74) is 0.932. The molecule has 1 aliphatic carbocycles. The van der Waals surface area contributed by atoms with E-state index in [0.717, 1.165) is 57.0 Å². The third-order valence-electron chi connectivity index (χ3n) is 6.76. The molecule has 180 valence electrons. The Morgan fingerprint density at radius 1 is 1.19 bits per heavy atom. The zero-order chi connectivity index (χ0) is 22.3. The van der Waals surface area contributed by atoms with E-state index in [1.807, 2.05) is 20.2 Å². The van der Waals surface area contributed by atoms with Crippen LogP contribution in [-0.4, -0.2) is 76.1 Å². The lowest BCUT2D eigenvalue weighted by atomic mass is 9.84. The van der Waals surface area contributed by atoms with Gasteiger partial charge in [0.2, 0.25) is 5.91 Å². The topological polar surface area (TPSA) is 69.2 Å². The van der Waals surface area contributed by atoms with E-state index < -0.39 is 0 Å². The molecule has 2 aliphatic rings. The van der Waals surface area contributed by atoms with E-state index >= 15 is 0 Å². The number of aliphatic imine (C=N–C) groups is 1. The maximum atomic E-state index is 12.9. The van der Waals surface area contributed by atoms with Crippen molar-refractivity contribution in [2.75, 3.05) is 54.4 Å². The summed E-state index contributed by atoms with van der Waals surface area (Å²) in [7, 11) is 7.21. The number of carbonyl (C=O) groups is 1. The van der Waals surface area contributed by atoms with Gasteiger partial charge in [-0.25, -0.2) is 0 Å². The van der Waals surface area contributed by atoms with Gasteiger partial charge in [-0.3, -0.25) is 14.7 Å². The third kappa shape index (κ3) is 6.50.